The van der Waals surface area contributed by atoms with E-state index in [0.717, 1.165) is 38.5 Å². The van der Waals surface area contributed by atoms with Crippen molar-refractivity contribution in [1.82, 2.24) is 5.32 Å². The van der Waals surface area contributed by atoms with Crippen molar-refractivity contribution in [3.63, 3.8) is 0 Å². The quantitative estimate of drug-likeness (QED) is 0.0320. The molecule has 0 bridgehead atoms. The van der Waals surface area contributed by atoms with E-state index in [9.17, 15) is 19.8 Å². The molecule has 0 rings (SSSR count). The van der Waals surface area contributed by atoms with Crippen LogP contribution in [0, 0.1) is 0 Å². The molecule has 0 aliphatic heterocycles. The fraction of sp³-hybridized carbons (Fsp3) is 0.923. The van der Waals surface area contributed by atoms with Crippen molar-refractivity contribution in [2.75, 3.05) is 13.2 Å². The Labute approximate surface area is 526 Å². The third-order valence-corrected chi connectivity index (χ3v) is 18.2. The summed E-state index contributed by atoms with van der Waals surface area (Å²) in [5.41, 5.74) is 0. The standard InChI is InChI=1S/C78H151NO5/c1-3-5-7-9-11-13-15-17-18-19-42-45-48-52-56-60-64-68-72-78(83)84-73-69-65-61-57-53-49-46-43-40-38-36-34-32-30-28-26-24-22-20-21-23-25-27-29-31-33-35-37-39-41-44-47-51-55-59-63-67-71-77(82)79-75(74-80)76(81)70-66-62-58-54-50-16-14-12-10-8-6-4-2/h20,22,66,70,75-76,80-81H,3-19,21,23-65,67-69,71-74H2,1-2H3,(H,79,82)/b22-20-,70-66+. The first kappa shape index (κ1) is 82.3. The number of allylic oxidation sites excluding steroid dienone is 3. The number of carbonyl (C=O) groups excluding carboxylic acids is 2. The number of aliphatic hydroxyl groups is 2. The highest BCUT2D eigenvalue weighted by Crippen LogP contribution is 2.20. The number of hydrogen-bond donors (Lipinski definition) is 3. The minimum absolute atomic E-state index is 0.0265. The number of rotatable bonds is 73. The molecular formula is C78H151NO5. The number of carbonyl (C=O) groups is 2. The molecule has 6 heteroatoms. The molecule has 84 heavy (non-hydrogen) atoms. The van der Waals surface area contributed by atoms with E-state index in [1.165, 1.54) is 372 Å². The largest absolute Gasteiger partial charge is 0.466 e. The molecular weight excluding hydrogens is 1030 g/mol. The van der Waals surface area contributed by atoms with Crippen LogP contribution in [0.25, 0.3) is 0 Å². The van der Waals surface area contributed by atoms with Gasteiger partial charge in [-0.2, -0.15) is 0 Å². The maximum atomic E-state index is 12.5. The highest BCUT2D eigenvalue weighted by atomic mass is 16.5. The van der Waals surface area contributed by atoms with Gasteiger partial charge in [-0.1, -0.05) is 391 Å². The summed E-state index contributed by atoms with van der Waals surface area (Å²) in [7, 11) is 0. The van der Waals surface area contributed by atoms with Gasteiger partial charge in [0, 0.05) is 12.8 Å². The highest BCUT2D eigenvalue weighted by molar-refractivity contribution is 5.76. The average Bonchev–Trinajstić information content (AvgIpc) is 3.52. The molecule has 0 fully saturated rings. The van der Waals surface area contributed by atoms with Crippen LogP contribution in [-0.4, -0.2) is 47.4 Å². The molecule has 0 saturated heterocycles. The summed E-state index contributed by atoms with van der Waals surface area (Å²) in [6.07, 6.45) is 94.5. The first-order valence-electron chi connectivity index (χ1n) is 38.6. The third-order valence-electron chi connectivity index (χ3n) is 18.2. The van der Waals surface area contributed by atoms with Crippen LogP contribution >= 0.6 is 0 Å². The molecule has 3 N–H and O–H groups in total. The normalized spacial score (nSPS) is 12.6. The molecule has 0 saturated carbocycles. The van der Waals surface area contributed by atoms with E-state index in [2.05, 4.69) is 31.3 Å². The Hall–Kier alpha value is -1.66. The predicted molar refractivity (Wildman–Crippen MR) is 370 cm³/mol. The Bertz CT molecular complexity index is 1320. The zero-order valence-electron chi connectivity index (χ0n) is 57.2. The van der Waals surface area contributed by atoms with E-state index in [1.54, 1.807) is 6.08 Å². The zero-order chi connectivity index (χ0) is 60.6. The number of amides is 1. The second kappa shape index (κ2) is 73.8. The van der Waals surface area contributed by atoms with Gasteiger partial charge in [0.25, 0.3) is 0 Å². The smallest absolute Gasteiger partial charge is 0.305 e. The summed E-state index contributed by atoms with van der Waals surface area (Å²) in [6.45, 7) is 4.94. The van der Waals surface area contributed by atoms with Crippen LogP contribution in [0.5, 0.6) is 0 Å². The minimum Gasteiger partial charge on any atom is -0.466 e. The molecule has 6 nitrogen and oxygen atoms in total. The lowest BCUT2D eigenvalue weighted by atomic mass is 10.0. The number of esters is 1. The highest BCUT2D eigenvalue weighted by Gasteiger charge is 2.18. The average molecular weight is 1180 g/mol. The van der Waals surface area contributed by atoms with Crippen molar-refractivity contribution in [2.45, 2.75) is 450 Å². The molecule has 0 aromatic heterocycles. The van der Waals surface area contributed by atoms with Crippen LogP contribution in [0.1, 0.15) is 438 Å². The van der Waals surface area contributed by atoms with Crippen LogP contribution < -0.4 is 5.32 Å². The predicted octanol–water partition coefficient (Wildman–Crippen LogP) is 25.3. The number of unbranched alkanes of at least 4 members (excludes halogenated alkanes) is 60. The van der Waals surface area contributed by atoms with Crippen molar-refractivity contribution < 1.29 is 24.5 Å². The Kier molecular flexibility index (Phi) is 72.3. The fourth-order valence-corrected chi connectivity index (χ4v) is 12.3. The van der Waals surface area contributed by atoms with Gasteiger partial charge in [-0.05, 0) is 57.8 Å². The van der Waals surface area contributed by atoms with E-state index in [-0.39, 0.29) is 18.5 Å². The summed E-state index contributed by atoms with van der Waals surface area (Å²) in [4.78, 5) is 24.6. The summed E-state index contributed by atoms with van der Waals surface area (Å²) < 4.78 is 5.52. The lowest BCUT2D eigenvalue weighted by molar-refractivity contribution is -0.143. The van der Waals surface area contributed by atoms with Crippen molar-refractivity contribution >= 4 is 11.9 Å². The summed E-state index contributed by atoms with van der Waals surface area (Å²) >= 11 is 0. The number of ether oxygens (including phenoxy) is 1. The Morgan fingerprint density at radius 2 is 0.560 bits per heavy atom. The van der Waals surface area contributed by atoms with Crippen molar-refractivity contribution in [3.8, 4) is 0 Å². The maximum Gasteiger partial charge on any atom is 0.305 e. The van der Waals surface area contributed by atoms with E-state index in [4.69, 9.17) is 4.74 Å². The molecule has 498 valence electrons. The first-order valence-corrected chi connectivity index (χ1v) is 38.6. The molecule has 0 radical (unpaired) electrons. The van der Waals surface area contributed by atoms with E-state index in [0.29, 0.717) is 19.4 Å². The summed E-state index contributed by atoms with van der Waals surface area (Å²) in [5, 5.41) is 23.1. The lowest BCUT2D eigenvalue weighted by Gasteiger charge is -2.20. The van der Waals surface area contributed by atoms with Gasteiger partial charge in [0.15, 0.2) is 0 Å². The van der Waals surface area contributed by atoms with Crippen LogP contribution in [0.2, 0.25) is 0 Å². The first-order chi connectivity index (χ1) is 41.5. The molecule has 0 heterocycles. The topological polar surface area (TPSA) is 95.9 Å². The second-order valence-corrected chi connectivity index (χ2v) is 26.7. The van der Waals surface area contributed by atoms with Crippen LogP contribution in [0.3, 0.4) is 0 Å². The molecule has 0 aromatic carbocycles. The lowest BCUT2D eigenvalue weighted by Crippen LogP contribution is -2.45. The van der Waals surface area contributed by atoms with Crippen LogP contribution in [0.15, 0.2) is 24.3 Å². The fourth-order valence-electron chi connectivity index (χ4n) is 12.3. The van der Waals surface area contributed by atoms with Crippen molar-refractivity contribution in [2.24, 2.45) is 0 Å². The zero-order valence-corrected chi connectivity index (χ0v) is 57.2. The Morgan fingerprint density at radius 1 is 0.321 bits per heavy atom. The monoisotopic (exact) mass is 1180 g/mol. The van der Waals surface area contributed by atoms with Gasteiger partial charge < -0.3 is 20.3 Å². The van der Waals surface area contributed by atoms with Gasteiger partial charge in [-0.25, -0.2) is 0 Å². The summed E-state index contributed by atoms with van der Waals surface area (Å²) in [5.74, 6) is -0.0361. The minimum atomic E-state index is -0.840. The van der Waals surface area contributed by atoms with E-state index in [1.807, 2.05) is 6.08 Å². The Morgan fingerprint density at radius 3 is 0.845 bits per heavy atom. The van der Waals surface area contributed by atoms with Crippen molar-refractivity contribution in [1.29, 1.82) is 0 Å². The van der Waals surface area contributed by atoms with Crippen LogP contribution in [0.4, 0.5) is 0 Å². The summed E-state index contributed by atoms with van der Waals surface area (Å²) in [6, 6.07) is -0.623. The number of aliphatic hydroxyl groups excluding tert-OH is 2. The van der Waals surface area contributed by atoms with E-state index >= 15 is 0 Å². The van der Waals surface area contributed by atoms with Crippen molar-refractivity contribution in [3.05, 3.63) is 24.3 Å². The number of hydrogen-bond acceptors (Lipinski definition) is 5. The molecule has 0 aliphatic carbocycles. The van der Waals surface area contributed by atoms with Gasteiger partial charge in [0.1, 0.15) is 0 Å². The van der Waals surface area contributed by atoms with Gasteiger partial charge in [-0.3, -0.25) is 9.59 Å². The second-order valence-electron chi connectivity index (χ2n) is 26.7. The van der Waals surface area contributed by atoms with Gasteiger partial charge >= 0.3 is 5.97 Å². The maximum absolute atomic E-state index is 12.5. The van der Waals surface area contributed by atoms with Gasteiger partial charge in [0.2, 0.25) is 5.91 Å². The molecule has 0 aliphatic rings. The number of nitrogens with one attached hydrogen (secondary N) is 1. The molecule has 1 amide bonds. The molecule has 0 aromatic rings. The third kappa shape index (κ3) is 69.4. The molecule has 2 atom stereocenters. The molecule has 0 spiro atoms. The van der Waals surface area contributed by atoms with Gasteiger partial charge in [0.05, 0.1) is 25.4 Å². The molecule has 2 unspecified atom stereocenters. The SMILES string of the molecule is CCCCCCCCCCCC/C=C/C(O)C(CO)NC(=O)CCCCCCCCCCCCCCCCCCC/C=C\CCCCCCCCCCCCCCCCCCOC(=O)CCCCCCCCCCCCCCCCCCCC. The van der Waals surface area contributed by atoms with E-state index < -0.39 is 12.1 Å². The van der Waals surface area contributed by atoms with Crippen LogP contribution in [-0.2, 0) is 14.3 Å². The Balaban J connectivity index is 3.31. The van der Waals surface area contributed by atoms with Gasteiger partial charge in [-0.15, -0.1) is 0 Å².